The van der Waals surface area contributed by atoms with E-state index in [1.54, 1.807) is 0 Å². The van der Waals surface area contributed by atoms with Crippen LogP contribution in [0.15, 0.2) is 41.3 Å². The smallest absolute Gasteiger partial charge is 0.274 e. The minimum atomic E-state index is 0.0120. The van der Waals surface area contributed by atoms with Crippen LogP contribution in [0.25, 0.3) is 17.0 Å². The van der Waals surface area contributed by atoms with Crippen LogP contribution in [0.5, 0.6) is 0 Å². The Hall–Kier alpha value is -2.35. The lowest BCUT2D eigenvalue weighted by atomic mass is 10.0. The molecule has 1 fully saturated rings. The first-order valence-corrected chi connectivity index (χ1v) is 14.3. The molecule has 0 saturated carbocycles. The van der Waals surface area contributed by atoms with E-state index in [0.717, 1.165) is 48.8 Å². The van der Waals surface area contributed by atoms with Crippen LogP contribution in [-0.2, 0) is 17.0 Å². The molecule has 1 amide bonds. The molecule has 0 spiro atoms. The van der Waals surface area contributed by atoms with Gasteiger partial charge in [0.05, 0.1) is 24.6 Å². The molecule has 0 atom stereocenters. The number of benzene rings is 1. The number of hydrogen-bond acceptors (Lipinski definition) is 5. The second kappa shape index (κ2) is 12.3. The van der Waals surface area contributed by atoms with Crippen molar-refractivity contribution in [3.63, 3.8) is 0 Å². The molecule has 4 rings (SSSR count). The van der Waals surface area contributed by atoms with Crippen molar-refractivity contribution in [3.05, 3.63) is 53.2 Å². The van der Waals surface area contributed by atoms with Crippen LogP contribution in [0.3, 0.4) is 0 Å². The van der Waals surface area contributed by atoms with Crippen LogP contribution in [0.2, 0.25) is 0 Å². The highest BCUT2D eigenvalue weighted by Crippen LogP contribution is 2.46. The van der Waals surface area contributed by atoms with Crippen molar-refractivity contribution in [2.45, 2.75) is 58.2 Å². The number of thioether (sulfide) groups is 1. The lowest BCUT2D eigenvalue weighted by molar-refractivity contribution is 0.0298. The maximum atomic E-state index is 13.7. The Labute approximate surface area is 220 Å². The van der Waals surface area contributed by atoms with E-state index < -0.39 is 0 Å². The van der Waals surface area contributed by atoms with E-state index in [0.29, 0.717) is 37.9 Å². The van der Waals surface area contributed by atoms with Crippen molar-refractivity contribution in [3.8, 4) is 11.3 Å². The van der Waals surface area contributed by atoms with E-state index in [-0.39, 0.29) is 5.91 Å². The Morgan fingerprint density at radius 1 is 1.25 bits per heavy atom. The number of nitrogens with zero attached hydrogens (tertiary/aromatic N) is 4. The molecular weight excluding hydrogens is 468 g/mol. The Bertz CT molecular complexity index is 1130. The van der Waals surface area contributed by atoms with Gasteiger partial charge < -0.3 is 9.64 Å². The third-order valence-corrected chi connectivity index (χ3v) is 7.87. The minimum absolute atomic E-state index is 0.0120. The molecule has 6 nitrogen and oxygen atoms in total. The van der Waals surface area contributed by atoms with Gasteiger partial charge in [-0.15, -0.1) is 11.8 Å². The van der Waals surface area contributed by atoms with Crippen molar-refractivity contribution >= 4 is 23.4 Å². The van der Waals surface area contributed by atoms with Crippen molar-refractivity contribution in [1.82, 2.24) is 19.6 Å². The predicted molar refractivity (Wildman–Crippen MR) is 149 cm³/mol. The van der Waals surface area contributed by atoms with E-state index in [9.17, 15) is 4.79 Å². The summed E-state index contributed by atoms with van der Waals surface area (Å²) in [6.45, 7) is 16.3. The van der Waals surface area contributed by atoms with Crippen LogP contribution in [-0.4, -0.2) is 64.9 Å². The molecule has 2 aromatic rings. The zero-order valence-electron chi connectivity index (χ0n) is 22.4. The molecule has 2 aliphatic rings. The molecule has 36 heavy (non-hydrogen) atoms. The molecule has 0 N–H and O–H groups in total. The monoisotopic (exact) mass is 508 g/mol. The van der Waals surface area contributed by atoms with Crippen LogP contribution < -0.4 is 0 Å². The van der Waals surface area contributed by atoms with Gasteiger partial charge in [-0.1, -0.05) is 58.0 Å². The number of fused-ring (bicyclic) bond motifs is 3. The van der Waals surface area contributed by atoms with Crippen LogP contribution in [0, 0.1) is 5.92 Å². The van der Waals surface area contributed by atoms with Gasteiger partial charge in [0.2, 0.25) is 0 Å². The normalized spacial score (nSPS) is 16.2. The minimum Gasteiger partial charge on any atom is -0.378 e. The largest absolute Gasteiger partial charge is 0.378 e. The van der Waals surface area contributed by atoms with E-state index in [2.05, 4.69) is 62.9 Å². The number of carbonyl (C=O) groups is 1. The topological polar surface area (TPSA) is 50.6 Å². The number of hydrogen-bond donors (Lipinski definition) is 0. The molecule has 1 saturated heterocycles. The maximum Gasteiger partial charge on any atom is 0.274 e. The fourth-order valence-electron chi connectivity index (χ4n) is 4.96. The van der Waals surface area contributed by atoms with Gasteiger partial charge in [-0.05, 0) is 44.0 Å². The van der Waals surface area contributed by atoms with Crippen molar-refractivity contribution in [1.29, 1.82) is 0 Å². The highest BCUT2D eigenvalue weighted by Gasteiger charge is 2.33. The summed E-state index contributed by atoms with van der Waals surface area (Å²) in [4.78, 5) is 19.4. The van der Waals surface area contributed by atoms with Gasteiger partial charge >= 0.3 is 0 Å². The summed E-state index contributed by atoms with van der Waals surface area (Å²) in [6.07, 6.45) is 7.51. The highest BCUT2D eigenvalue weighted by atomic mass is 32.2. The predicted octanol–water partition coefficient (Wildman–Crippen LogP) is 5.93. The number of amides is 1. The number of ether oxygens (including phenoxy) is 1. The van der Waals surface area contributed by atoms with Gasteiger partial charge in [-0.3, -0.25) is 9.69 Å². The molecule has 0 aliphatic carbocycles. The van der Waals surface area contributed by atoms with Gasteiger partial charge in [-0.2, -0.15) is 5.10 Å². The number of morpholine rings is 1. The van der Waals surface area contributed by atoms with E-state index in [4.69, 9.17) is 9.84 Å². The first-order chi connectivity index (χ1) is 17.5. The molecule has 194 valence electrons. The summed E-state index contributed by atoms with van der Waals surface area (Å²) in [5, 5.41) is 5.02. The number of carbonyl (C=O) groups excluding carboxylic acids is 1. The molecule has 1 aromatic heterocycles. The summed E-state index contributed by atoms with van der Waals surface area (Å²) in [6, 6.07) is 6.61. The fraction of sp³-hybridized carbons (Fsp3) is 0.517. The Morgan fingerprint density at radius 3 is 2.69 bits per heavy atom. The van der Waals surface area contributed by atoms with Gasteiger partial charge in [-0.25, -0.2) is 4.68 Å². The molecule has 0 radical (unpaired) electrons. The highest BCUT2D eigenvalue weighted by molar-refractivity contribution is 7.98. The first-order valence-electron chi connectivity index (χ1n) is 13.3. The van der Waals surface area contributed by atoms with Crippen molar-refractivity contribution in [2.75, 3.05) is 39.4 Å². The molecule has 0 unspecified atom stereocenters. The standard InChI is InChI=1S/C29H40N4O2S/c1-6-10-23(18-21(4)5)33-27-24-12-9-11-22(19-31(8-3)13-7-2)28(24)36-20-25(27)26(30-33)29(34)32-14-16-35-17-15-32/h6,9-12,18,21H,7-8,13-17,19-20H2,1-5H3/b10-6?,23-18+. The van der Waals surface area contributed by atoms with Crippen LogP contribution >= 0.6 is 11.8 Å². The zero-order valence-corrected chi connectivity index (χ0v) is 23.2. The summed E-state index contributed by atoms with van der Waals surface area (Å²) in [7, 11) is 0. The lowest BCUT2D eigenvalue weighted by Gasteiger charge is -2.27. The number of rotatable bonds is 9. The molecule has 0 bridgehead atoms. The van der Waals surface area contributed by atoms with E-state index >= 15 is 0 Å². The average Bonchev–Trinajstić information content (AvgIpc) is 3.28. The molecule has 2 aliphatic heterocycles. The second-order valence-electron chi connectivity index (χ2n) is 9.78. The summed E-state index contributed by atoms with van der Waals surface area (Å²) in [5.74, 6) is 1.11. The Balaban J connectivity index is 1.86. The summed E-state index contributed by atoms with van der Waals surface area (Å²) < 4.78 is 7.51. The molecule has 3 heterocycles. The van der Waals surface area contributed by atoms with E-state index in [1.165, 1.54) is 16.0 Å². The third kappa shape index (κ3) is 5.63. The summed E-state index contributed by atoms with van der Waals surface area (Å²) >= 11 is 1.85. The average molecular weight is 509 g/mol. The quantitative estimate of drug-likeness (QED) is 0.393. The van der Waals surface area contributed by atoms with Crippen LogP contribution in [0.1, 0.15) is 62.7 Å². The van der Waals surface area contributed by atoms with Crippen molar-refractivity contribution < 1.29 is 9.53 Å². The SMILES string of the molecule is CC=C/C(=C\C(C)C)n1nc(C(=O)N2CCOCC2)c2c1-c1cccc(CN(CC)CCC)c1SC2. The van der Waals surface area contributed by atoms with Gasteiger partial charge in [0, 0.05) is 41.4 Å². The van der Waals surface area contributed by atoms with Crippen molar-refractivity contribution in [2.24, 2.45) is 5.92 Å². The zero-order chi connectivity index (χ0) is 25.7. The van der Waals surface area contributed by atoms with E-state index in [1.807, 2.05) is 34.3 Å². The summed E-state index contributed by atoms with van der Waals surface area (Å²) in [5.41, 5.74) is 6.23. The Kier molecular flexibility index (Phi) is 9.09. The molecular formula is C29H40N4O2S. The molecule has 7 heteroatoms. The Morgan fingerprint density at radius 2 is 2.03 bits per heavy atom. The van der Waals surface area contributed by atoms with Gasteiger partial charge in [0.15, 0.2) is 5.69 Å². The lowest BCUT2D eigenvalue weighted by Crippen LogP contribution is -2.41. The fourth-order valence-corrected chi connectivity index (χ4v) is 6.16. The number of aromatic nitrogens is 2. The second-order valence-corrected chi connectivity index (χ2v) is 10.8. The number of allylic oxidation sites excluding steroid dienone is 4. The third-order valence-electron chi connectivity index (χ3n) is 6.66. The molecule has 1 aromatic carbocycles. The van der Waals surface area contributed by atoms with Crippen LogP contribution in [0.4, 0.5) is 0 Å². The maximum absolute atomic E-state index is 13.7. The first kappa shape index (κ1) is 26.7. The van der Waals surface area contributed by atoms with Gasteiger partial charge in [0.1, 0.15) is 0 Å². The van der Waals surface area contributed by atoms with Gasteiger partial charge in [0.25, 0.3) is 5.91 Å².